The van der Waals surface area contributed by atoms with Crippen LogP contribution >= 0.6 is 0 Å². The van der Waals surface area contributed by atoms with Crippen molar-refractivity contribution in [2.24, 2.45) is 17.8 Å². The van der Waals surface area contributed by atoms with Gasteiger partial charge < -0.3 is 0 Å². The van der Waals surface area contributed by atoms with Gasteiger partial charge in [-0.1, -0.05) is 19.1 Å². The fourth-order valence-corrected chi connectivity index (χ4v) is 1.95. The van der Waals surface area contributed by atoms with Gasteiger partial charge in [0.1, 0.15) is 0 Å². The van der Waals surface area contributed by atoms with Gasteiger partial charge in [-0.2, -0.15) is 0 Å². The Balaban J connectivity index is 1.98. The predicted octanol–water partition coefficient (Wildman–Crippen LogP) is 2.61. The Morgan fingerprint density at radius 1 is 1.33 bits per heavy atom. The summed E-state index contributed by atoms with van der Waals surface area (Å²) in [7, 11) is 0. The van der Waals surface area contributed by atoms with Gasteiger partial charge in [-0.3, -0.25) is 0 Å². The first-order chi connectivity index (χ1) is 4.38. The fourth-order valence-electron chi connectivity index (χ4n) is 1.95. The van der Waals surface area contributed by atoms with Crippen LogP contribution in [0.15, 0.2) is 12.2 Å². The van der Waals surface area contributed by atoms with Gasteiger partial charge in [0.25, 0.3) is 0 Å². The van der Waals surface area contributed by atoms with Crippen molar-refractivity contribution in [2.45, 2.75) is 26.2 Å². The average Bonchev–Trinajstić information content (AvgIpc) is 2.58. The lowest BCUT2D eigenvalue weighted by Crippen LogP contribution is -2.05. The summed E-state index contributed by atoms with van der Waals surface area (Å²) < 4.78 is 0. The molecule has 0 radical (unpaired) electrons. The molecule has 0 aliphatic heterocycles. The maximum atomic E-state index is 2.38. The van der Waals surface area contributed by atoms with E-state index in [-0.39, 0.29) is 0 Å². The van der Waals surface area contributed by atoms with E-state index in [0.29, 0.717) is 0 Å². The van der Waals surface area contributed by atoms with Gasteiger partial charge in [0.15, 0.2) is 0 Å². The third-order valence-electron chi connectivity index (χ3n) is 2.75. The molecule has 2 rings (SSSR count). The Morgan fingerprint density at radius 3 is 2.56 bits per heavy atom. The molecule has 0 saturated heterocycles. The van der Waals surface area contributed by atoms with Crippen molar-refractivity contribution in [2.75, 3.05) is 0 Å². The van der Waals surface area contributed by atoms with Crippen molar-refractivity contribution in [1.29, 1.82) is 0 Å². The Morgan fingerprint density at radius 2 is 2.11 bits per heavy atom. The molecule has 0 bridgehead atoms. The third-order valence-corrected chi connectivity index (χ3v) is 2.75. The minimum absolute atomic E-state index is 0.887. The lowest BCUT2D eigenvalue weighted by Gasteiger charge is -2.12. The molecule has 0 heteroatoms. The Labute approximate surface area is 57.0 Å². The molecule has 9 heavy (non-hydrogen) atoms. The van der Waals surface area contributed by atoms with E-state index >= 15 is 0 Å². The van der Waals surface area contributed by atoms with E-state index in [4.69, 9.17) is 0 Å². The van der Waals surface area contributed by atoms with Crippen molar-refractivity contribution in [3.63, 3.8) is 0 Å². The molecule has 0 nitrogen and oxygen atoms in total. The molecule has 1 fully saturated rings. The maximum absolute atomic E-state index is 2.38. The van der Waals surface area contributed by atoms with Crippen LogP contribution in [0.25, 0.3) is 0 Å². The van der Waals surface area contributed by atoms with Gasteiger partial charge in [0.05, 0.1) is 0 Å². The van der Waals surface area contributed by atoms with Crippen molar-refractivity contribution in [3.05, 3.63) is 12.2 Å². The molecule has 1 saturated carbocycles. The number of allylic oxidation sites excluding steroid dienone is 2. The zero-order valence-electron chi connectivity index (χ0n) is 6.01. The van der Waals surface area contributed by atoms with E-state index in [2.05, 4.69) is 19.1 Å². The lowest BCUT2D eigenvalue weighted by molar-refractivity contribution is 0.399. The quantitative estimate of drug-likeness (QED) is 0.469. The lowest BCUT2D eigenvalue weighted by atomic mass is 9.93. The molecule has 2 aliphatic carbocycles. The van der Waals surface area contributed by atoms with Crippen LogP contribution in [-0.2, 0) is 0 Å². The summed E-state index contributed by atoms with van der Waals surface area (Å²) in [6, 6.07) is 0. The van der Waals surface area contributed by atoms with Crippen molar-refractivity contribution >= 4 is 0 Å². The SMILES string of the molecule is CC1C=CC[C@H]1C1CC1. The minimum atomic E-state index is 0.887. The molecule has 2 atom stereocenters. The minimum Gasteiger partial charge on any atom is -0.0880 e. The first-order valence-electron chi connectivity index (χ1n) is 4.04. The van der Waals surface area contributed by atoms with Crippen LogP contribution < -0.4 is 0 Å². The van der Waals surface area contributed by atoms with Gasteiger partial charge in [0.2, 0.25) is 0 Å². The largest absolute Gasteiger partial charge is 0.0880 e. The fraction of sp³-hybridized carbons (Fsp3) is 0.778. The van der Waals surface area contributed by atoms with E-state index in [1.807, 2.05) is 0 Å². The predicted molar refractivity (Wildman–Crippen MR) is 39.1 cm³/mol. The van der Waals surface area contributed by atoms with E-state index < -0.39 is 0 Å². The smallest absolute Gasteiger partial charge is 0.0228 e. The molecule has 1 unspecified atom stereocenters. The van der Waals surface area contributed by atoms with Gasteiger partial charge in [0, 0.05) is 0 Å². The summed E-state index contributed by atoms with van der Waals surface area (Å²) in [5, 5.41) is 0. The van der Waals surface area contributed by atoms with Gasteiger partial charge in [-0.15, -0.1) is 0 Å². The number of hydrogen-bond acceptors (Lipinski definition) is 0. The molecule has 0 spiro atoms. The van der Waals surface area contributed by atoms with Crippen LogP contribution in [0.5, 0.6) is 0 Å². The summed E-state index contributed by atoms with van der Waals surface area (Å²) in [4.78, 5) is 0. The van der Waals surface area contributed by atoms with Crippen LogP contribution in [0.1, 0.15) is 26.2 Å². The average molecular weight is 122 g/mol. The Bertz CT molecular complexity index is 131. The van der Waals surface area contributed by atoms with Gasteiger partial charge in [-0.25, -0.2) is 0 Å². The Kier molecular flexibility index (Phi) is 1.14. The molecular weight excluding hydrogens is 108 g/mol. The van der Waals surface area contributed by atoms with E-state index in [9.17, 15) is 0 Å². The standard InChI is InChI=1S/C9H14/c1-7-3-2-4-9(7)8-5-6-8/h2-3,7-9H,4-6H2,1H3/t7?,9-/m1/s1. The summed E-state index contributed by atoms with van der Waals surface area (Å²) in [5.41, 5.74) is 0. The molecule has 0 amide bonds. The van der Waals surface area contributed by atoms with E-state index in [1.165, 1.54) is 19.3 Å². The second-order valence-electron chi connectivity index (χ2n) is 3.52. The molecule has 0 aromatic carbocycles. The highest BCUT2D eigenvalue weighted by atomic mass is 14.4. The molecule has 50 valence electrons. The first-order valence-corrected chi connectivity index (χ1v) is 4.04. The van der Waals surface area contributed by atoms with Crippen LogP contribution in [0.2, 0.25) is 0 Å². The van der Waals surface area contributed by atoms with Crippen molar-refractivity contribution in [1.82, 2.24) is 0 Å². The molecule has 0 heterocycles. The highest BCUT2D eigenvalue weighted by molar-refractivity contribution is 5.03. The highest BCUT2D eigenvalue weighted by Crippen LogP contribution is 2.45. The first kappa shape index (κ1) is 5.52. The summed E-state index contributed by atoms with van der Waals surface area (Å²) in [6.45, 7) is 2.35. The van der Waals surface area contributed by atoms with Gasteiger partial charge >= 0.3 is 0 Å². The zero-order valence-corrected chi connectivity index (χ0v) is 6.01. The highest BCUT2D eigenvalue weighted by Gasteiger charge is 2.34. The second kappa shape index (κ2) is 1.86. The Hall–Kier alpha value is -0.260. The zero-order chi connectivity index (χ0) is 6.27. The van der Waals surface area contributed by atoms with Crippen LogP contribution in [0, 0.1) is 17.8 Å². The summed E-state index contributed by atoms with van der Waals surface area (Å²) >= 11 is 0. The summed E-state index contributed by atoms with van der Waals surface area (Å²) in [5.74, 6) is 3.03. The molecule has 2 aliphatic rings. The van der Waals surface area contributed by atoms with Crippen molar-refractivity contribution < 1.29 is 0 Å². The van der Waals surface area contributed by atoms with Crippen LogP contribution in [0.3, 0.4) is 0 Å². The van der Waals surface area contributed by atoms with Crippen LogP contribution in [0.4, 0.5) is 0 Å². The normalized spacial score (nSPS) is 41.9. The molecule has 0 aromatic heterocycles. The van der Waals surface area contributed by atoms with Gasteiger partial charge in [-0.05, 0) is 37.0 Å². The monoisotopic (exact) mass is 122 g/mol. The summed E-state index contributed by atoms with van der Waals surface area (Å²) in [6.07, 6.45) is 9.12. The van der Waals surface area contributed by atoms with E-state index in [0.717, 1.165) is 17.8 Å². The second-order valence-corrected chi connectivity index (χ2v) is 3.52. The van der Waals surface area contributed by atoms with Crippen molar-refractivity contribution in [3.8, 4) is 0 Å². The molecule has 0 N–H and O–H groups in total. The molecule has 0 aromatic rings. The van der Waals surface area contributed by atoms with E-state index in [1.54, 1.807) is 0 Å². The number of rotatable bonds is 1. The topological polar surface area (TPSA) is 0 Å². The molecular formula is C9H14. The van der Waals surface area contributed by atoms with Crippen LogP contribution in [-0.4, -0.2) is 0 Å². The third kappa shape index (κ3) is 0.910. The number of hydrogen-bond donors (Lipinski definition) is 0. The maximum Gasteiger partial charge on any atom is -0.0228 e.